The quantitative estimate of drug-likeness (QED) is 0.739. The monoisotopic (exact) mass is 236 g/mol. The molecule has 0 aromatic carbocycles. The molecule has 2 saturated heterocycles. The number of methoxy groups -OCH3 is 1. The van der Waals surface area contributed by atoms with E-state index in [2.05, 4.69) is 5.10 Å². The summed E-state index contributed by atoms with van der Waals surface area (Å²) in [6, 6.07) is 0. The third-order valence-corrected chi connectivity index (χ3v) is 3.80. The maximum atomic E-state index is 12.5. The predicted molar refractivity (Wildman–Crippen MR) is 60.1 cm³/mol. The van der Waals surface area contributed by atoms with Gasteiger partial charge < -0.3 is 9.47 Å². The maximum absolute atomic E-state index is 12.5. The molecule has 3 unspecified atom stereocenters. The summed E-state index contributed by atoms with van der Waals surface area (Å²) in [5.41, 5.74) is 0.564. The highest BCUT2D eigenvalue weighted by atomic mass is 16.5. The molecule has 2 aliphatic rings. The number of nitrogens with zero attached hydrogens (tertiary/aromatic N) is 2. The number of Topliss-reactive ketones (excluding diaryl/α,β-unsaturated/α-hetero) is 1. The number of ether oxygens (including phenoxy) is 2. The lowest BCUT2D eigenvalue weighted by Crippen LogP contribution is -2.27. The van der Waals surface area contributed by atoms with Gasteiger partial charge in [0.2, 0.25) is 0 Å². The first-order valence-electron chi connectivity index (χ1n) is 5.96. The van der Waals surface area contributed by atoms with Gasteiger partial charge in [-0.1, -0.05) is 0 Å². The number of aryl methyl sites for hydroxylation is 1. The molecule has 92 valence electrons. The molecule has 2 fully saturated rings. The highest BCUT2D eigenvalue weighted by Gasteiger charge is 2.45. The van der Waals surface area contributed by atoms with Gasteiger partial charge in [0.25, 0.3) is 0 Å². The highest BCUT2D eigenvalue weighted by molar-refractivity contribution is 5.99. The van der Waals surface area contributed by atoms with Crippen LogP contribution in [-0.4, -0.2) is 34.9 Å². The van der Waals surface area contributed by atoms with Crippen molar-refractivity contribution in [2.24, 2.45) is 13.0 Å². The summed E-state index contributed by atoms with van der Waals surface area (Å²) >= 11 is 0. The van der Waals surface area contributed by atoms with E-state index in [9.17, 15) is 4.79 Å². The van der Waals surface area contributed by atoms with Gasteiger partial charge in [0.15, 0.2) is 11.5 Å². The molecule has 2 bridgehead atoms. The molecule has 17 heavy (non-hydrogen) atoms. The molecular weight excluding hydrogens is 220 g/mol. The summed E-state index contributed by atoms with van der Waals surface area (Å²) < 4.78 is 12.5. The van der Waals surface area contributed by atoms with E-state index in [0.29, 0.717) is 11.4 Å². The van der Waals surface area contributed by atoms with Crippen molar-refractivity contribution in [2.45, 2.75) is 31.5 Å². The fourth-order valence-corrected chi connectivity index (χ4v) is 2.94. The number of fused-ring (bicyclic) bond motifs is 2. The second-order valence-electron chi connectivity index (χ2n) is 4.77. The van der Waals surface area contributed by atoms with Crippen LogP contribution in [0.2, 0.25) is 0 Å². The van der Waals surface area contributed by atoms with Crippen molar-refractivity contribution < 1.29 is 14.3 Å². The van der Waals surface area contributed by atoms with E-state index in [1.807, 2.05) is 0 Å². The van der Waals surface area contributed by atoms with Crippen LogP contribution >= 0.6 is 0 Å². The summed E-state index contributed by atoms with van der Waals surface area (Å²) in [7, 11) is 3.33. The largest absolute Gasteiger partial charge is 0.493 e. The first-order chi connectivity index (χ1) is 8.20. The zero-order chi connectivity index (χ0) is 12.0. The molecule has 0 N–H and O–H groups in total. The SMILES string of the molecule is COc1cnn(C)c1C(=O)C1CC2CCC1O2. The summed E-state index contributed by atoms with van der Waals surface area (Å²) in [5, 5.41) is 4.07. The third kappa shape index (κ3) is 1.57. The minimum atomic E-state index is -0.0157. The Morgan fingerprint density at radius 1 is 1.59 bits per heavy atom. The number of aromatic nitrogens is 2. The molecule has 1 aromatic heterocycles. The lowest BCUT2D eigenvalue weighted by atomic mass is 9.85. The Morgan fingerprint density at radius 3 is 3.00 bits per heavy atom. The van der Waals surface area contributed by atoms with Crippen molar-refractivity contribution in [3.63, 3.8) is 0 Å². The molecule has 5 nitrogen and oxygen atoms in total. The van der Waals surface area contributed by atoms with E-state index in [1.54, 1.807) is 25.0 Å². The van der Waals surface area contributed by atoms with Crippen molar-refractivity contribution in [2.75, 3.05) is 7.11 Å². The van der Waals surface area contributed by atoms with Crippen LogP contribution in [0.15, 0.2) is 6.20 Å². The lowest BCUT2D eigenvalue weighted by molar-refractivity contribution is 0.0734. The molecule has 3 heterocycles. The summed E-state index contributed by atoms with van der Waals surface area (Å²) in [4.78, 5) is 12.5. The molecule has 0 amide bonds. The molecule has 5 heteroatoms. The van der Waals surface area contributed by atoms with Crippen LogP contribution in [-0.2, 0) is 11.8 Å². The third-order valence-electron chi connectivity index (χ3n) is 3.80. The van der Waals surface area contributed by atoms with E-state index in [1.165, 1.54) is 0 Å². The first-order valence-corrected chi connectivity index (χ1v) is 5.96. The van der Waals surface area contributed by atoms with Crippen molar-refractivity contribution in [1.29, 1.82) is 0 Å². The van der Waals surface area contributed by atoms with Gasteiger partial charge >= 0.3 is 0 Å². The predicted octanol–water partition coefficient (Wildman–Crippen LogP) is 1.18. The Kier molecular flexibility index (Phi) is 2.43. The van der Waals surface area contributed by atoms with E-state index >= 15 is 0 Å². The summed E-state index contributed by atoms with van der Waals surface area (Å²) in [6.45, 7) is 0. The number of carbonyl (C=O) groups excluding carboxylic acids is 1. The van der Waals surface area contributed by atoms with Gasteiger partial charge in [-0.05, 0) is 19.3 Å². The van der Waals surface area contributed by atoms with Crippen molar-refractivity contribution in [3.05, 3.63) is 11.9 Å². The zero-order valence-electron chi connectivity index (χ0n) is 10.0. The van der Waals surface area contributed by atoms with Crippen LogP contribution in [0.1, 0.15) is 29.8 Å². The Balaban J connectivity index is 1.89. The van der Waals surface area contributed by atoms with E-state index in [0.717, 1.165) is 19.3 Å². The molecule has 0 radical (unpaired) electrons. The highest BCUT2D eigenvalue weighted by Crippen LogP contribution is 2.41. The molecule has 0 spiro atoms. The van der Waals surface area contributed by atoms with Crippen LogP contribution < -0.4 is 4.74 Å². The number of hydrogen-bond donors (Lipinski definition) is 0. The Labute approximate surface area is 99.7 Å². The smallest absolute Gasteiger partial charge is 0.190 e. The molecular formula is C12H16N2O3. The summed E-state index contributed by atoms with van der Waals surface area (Å²) in [6.07, 6.45) is 4.91. The maximum Gasteiger partial charge on any atom is 0.190 e. The van der Waals surface area contributed by atoms with Gasteiger partial charge in [-0.2, -0.15) is 5.10 Å². The van der Waals surface area contributed by atoms with E-state index in [-0.39, 0.29) is 23.9 Å². The number of hydrogen-bond acceptors (Lipinski definition) is 4. The number of carbonyl (C=O) groups is 1. The van der Waals surface area contributed by atoms with Crippen molar-refractivity contribution in [1.82, 2.24) is 9.78 Å². The molecule has 1 aromatic rings. The Bertz CT molecular complexity index is 455. The second-order valence-corrected chi connectivity index (χ2v) is 4.77. The fraction of sp³-hybridized carbons (Fsp3) is 0.667. The topological polar surface area (TPSA) is 53.4 Å². The van der Waals surface area contributed by atoms with Gasteiger partial charge in [-0.25, -0.2) is 0 Å². The van der Waals surface area contributed by atoms with Gasteiger partial charge in [0, 0.05) is 7.05 Å². The number of ketones is 1. The second kappa shape index (κ2) is 3.84. The molecule has 0 saturated carbocycles. The Hall–Kier alpha value is -1.36. The van der Waals surface area contributed by atoms with Gasteiger partial charge in [0.1, 0.15) is 5.69 Å². The van der Waals surface area contributed by atoms with Crippen LogP contribution in [0.3, 0.4) is 0 Å². The zero-order valence-corrected chi connectivity index (χ0v) is 10.0. The fourth-order valence-electron chi connectivity index (χ4n) is 2.94. The first kappa shape index (κ1) is 10.8. The molecule has 3 atom stereocenters. The van der Waals surface area contributed by atoms with Crippen LogP contribution in [0.5, 0.6) is 5.75 Å². The van der Waals surface area contributed by atoms with Crippen molar-refractivity contribution in [3.8, 4) is 5.75 Å². The van der Waals surface area contributed by atoms with Gasteiger partial charge in [0.05, 0.1) is 31.4 Å². The Morgan fingerprint density at radius 2 is 2.41 bits per heavy atom. The van der Waals surface area contributed by atoms with E-state index in [4.69, 9.17) is 9.47 Å². The normalized spacial score (nSPS) is 30.8. The number of rotatable bonds is 3. The molecule has 0 aliphatic carbocycles. The lowest BCUT2D eigenvalue weighted by Gasteiger charge is -2.17. The molecule has 3 rings (SSSR count). The van der Waals surface area contributed by atoms with Gasteiger partial charge in [-0.15, -0.1) is 0 Å². The van der Waals surface area contributed by atoms with E-state index < -0.39 is 0 Å². The standard InChI is InChI=1S/C12H16N2O3/c1-14-11(10(16-2)6-13-14)12(15)8-5-7-3-4-9(8)17-7/h6-9H,3-5H2,1-2H3. The van der Waals surface area contributed by atoms with Crippen LogP contribution in [0.4, 0.5) is 0 Å². The minimum absolute atomic E-state index is 0.0157. The average molecular weight is 236 g/mol. The van der Waals surface area contributed by atoms with Crippen LogP contribution in [0.25, 0.3) is 0 Å². The molecule has 2 aliphatic heterocycles. The van der Waals surface area contributed by atoms with Gasteiger partial charge in [-0.3, -0.25) is 9.48 Å². The average Bonchev–Trinajstić information content (AvgIpc) is 3.01. The minimum Gasteiger partial charge on any atom is -0.493 e. The van der Waals surface area contributed by atoms with Crippen molar-refractivity contribution >= 4 is 5.78 Å². The summed E-state index contributed by atoms with van der Waals surface area (Å²) in [5.74, 6) is 0.646. The van der Waals surface area contributed by atoms with Crippen LogP contribution in [0, 0.1) is 5.92 Å².